The molecule has 8 N–H and O–H groups in total. The van der Waals surface area contributed by atoms with Crippen LogP contribution in [0.1, 0.15) is 24.0 Å². The van der Waals surface area contributed by atoms with E-state index >= 15 is 0 Å². The number of amides is 2. The Morgan fingerprint density at radius 3 is 1.43 bits per heavy atom. The molecule has 0 aromatic heterocycles. The number of ether oxygens (including phenoxy) is 1. The van der Waals surface area contributed by atoms with Gasteiger partial charge >= 0.3 is 69.3 Å². The van der Waals surface area contributed by atoms with Gasteiger partial charge in [0.25, 0.3) is 0 Å². The number of methoxy groups -OCH3 is 1. The van der Waals surface area contributed by atoms with Crippen LogP contribution < -0.4 is 78.6 Å². The number of hydrogen-bond acceptors (Lipinski definition) is 10. The zero-order chi connectivity index (χ0) is 30.9. The third-order valence-corrected chi connectivity index (χ3v) is 5.43. The van der Waals surface area contributed by atoms with E-state index in [0.717, 1.165) is 5.56 Å². The van der Waals surface area contributed by atoms with E-state index in [1.165, 1.54) is 7.11 Å². The van der Waals surface area contributed by atoms with Crippen molar-refractivity contribution < 1.29 is 100 Å². The van der Waals surface area contributed by atoms with Crippen molar-refractivity contribution >= 4 is 35.7 Å². The number of benzene rings is 2. The molecule has 14 nitrogen and oxygen atoms in total. The van der Waals surface area contributed by atoms with Gasteiger partial charge in [0.1, 0.15) is 6.04 Å². The Hall–Kier alpha value is -3.18. The van der Waals surface area contributed by atoms with Crippen LogP contribution in [0.25, 0.3) is 0 Å². The largest absolute Gasteiger partial charge is 1.00 e. The maximum atomic E-state index is 11.8. The molecule has 0 fully saturated rings. The first-order chi connectivity index (χ1) is 19.3. The minimum Gasteiger partial charge on any atom is -0.548 e. The molecule has 0 bridgehead atoms. The van der Waals surface area contributed by atoms with Gasteiger partial charge < -0.3 is 47.0 Å². The molecule has 0 saturated heterocycles. The number of carbonyl (C=O) groups excluding carboxylic acids is 4. The molecular formula is C27H33KN4O10. The summed E-state index contributed by atoms with van der Waals surface area (Å²) in [4.78, 5) is 67.1. The Morgan fingerprint density at radius 1 is 0.738 bits per heavy atom. The number of carboxylic acid groups (broad SMARTS) is 3. The van der Waals surface area contributed by atoms with Crippen LogP contribution in [0.3, 0.4) is 0 Å². The van der Waals surface area contributed by atoms with E-state index in [0.29, 0.717) is 5.56 Å². The fraction of sp³-hybridized carbons (Fsp3) is 0.333. The van der Waals surface area contributed by atoms with Crippen molar-refractivity contribution in [3.8, 4) is 0 Å². The second-order valence-electron chi connectivity index (χ2n) is 8.75. The van der Waals surface area contributed by atoms with Crippen molar-refractivity contribution in [3.63, 3.8) is 0 Å². The van der Waals surface area contributed by atoms with Gasteiger partial charge in [-0.3, -0.25) is 19.2 Å². The molecule has 42 heavy (non-hydrogen) atoms. The molecular weight excluding hydrogens is 579 g/mol. The van der Waals surface area contributed by atoms with Crippen LogP contribution in [0, 0.1) is 0 Å². The monoisotopic (exact) mass is 612 g/mol. The fourth-order valence-corrected chi connectivity index (χ4v) is 3.35. The SMILES string of the molecule is COC(=O)C(Cc1ccccc1)NC(=O)C(N)CC(=O)O.N[C@@H](CC(=O)O)C(=O)N[C@@H](Cc1ccccc1)C(=O)[O-].[K+]. The van der Waals surface area contributed by atoms with Gasteiger partial charge in [0, 0.05) is 6.42 Å². The number of nitrogens with two attached hydrogens (primary N) is 2. The second-order valence-corrected chi connectivity index (χ2v) is 8.75. The average molecular weight is 613 g/mol. The number of carboxylic acids is 3. The summed E-state index contributed by atoms with van der Waals surface area (Å²) in [6.07, 6.45) is -0.810. The summed E-state index contributed by atoms with van der Waals surface area (Å²) in [5, 5.41) is 32.7. The van der Waals surface area contributed by atoms with Crippen molar-refractivity contribution in [2.75, 3.05) is 7.11 Å². The van der Waals surface area contributed by atoms with Crippen LogP contribution in [0.4, 0.5) is 0 Å². The van der Waals surface area contributed by atoms with Gasteiger partial charge in [0.2, 0.25) is 11.8 Å². The summed E-state index contributed by atoms with van der Waals surface area (Å²) < 4.78 is 4.64. The summed E-state index contributed by atoms with van der Waals surface area (Å²) in [6, 6.07) is 13.0. The van der Waals surface area contributed by atoms with E-state index in [-0.39, 0.29) is 64.2 Å². The smallest absolute Gasteiger partial charge is 0.548 e. The summed E-state index contributed by atoms with van der Waals surface area (Å²) in [7, 11) is 1.21. The molecule has 222 valence electrons. The zero-order valence-corrected chi connectivity index (χ0v) is 26.3. The predicted molar refractivity (Wildman–Crippen MR) is 142 cm³/mol. The molecule has 0 heterocycles. The van der Waals surface area contributed by atoms with Gasteiger partial charge in [-0.2, -0.15) is 0 Å². The molecule has 0 aliphatic carbocycles. The van der Waals surface area contributed by atoms with Crippen molar-refractivity contribution in [3.05, 3.63) is 71.8 Å². The molecule has 2 unspecified atom stereocenters. The number of carbonyl (C=O) groups is 6. The molecule has 0 aliphatic heterocycles. The van der Waals surface area contributed by atoms with E-state index in [1.807, 2.05) is 18.2 Å². The standard InChI is InChI=1S/C14H18N2O5.C13H16N2O5.K/c1-21-14(20)11(7-9-5-3-2-4-6-9)16-13(19)10(15)8-12(17)18;14-9(7-11(16)17)12(18)15-10(13(19)20)6-8-4-2-1-3-5-8;/h2-6,10-11H,7-8,15H2,1H3,(H,16,19)(H,17,18);1-5,9-10H,6-7,14H2,(H,15,18)(H,16,17)(H,19,20);/q;;+1/p-1/t;9-,10-;/m.0./s1. The normalized spacial score (nSPS) is 12.8. The van der Waals surface area contributed by atoms with Gasteiger partial charge in [-0.15, -0.1) is 0 Å². The Kier molecular flexibility index (Phi) is 19.1. The first-order valence-corrected chi connectivity index (χ1v) is 12.3. The van der Waals surface area contributed by atoms with Crippen LogP contribution in [0.2, 0.25) is 0 Å². The molecule has 2 aromatic rings. The first-order valence-electron chi connectivity index (χ1n) is 12.3. The number of esters is 1. The third-order valence-electron chi connectivity index (χ3n) is 5.43. The minimum absolute atomic E-state index is 0. The molecule has 2 aromatic carbocycles. The van der Waals surface area contributed by atoms with Gasteiger partial charge in [-0.05, 0) is 17.5 Å². The van der Waals surface area contributed by atoms with Crippen molar-refractivity contribution in [1.82, 2.24) is 10.6 Å². The molecule has 2 rings (SSSR count). The Labute approximate surface area is 284 Å². The van der Waals surface area contributed by atoms with Gasteiger partial charge in [0.05, 0.1) is 44.0 Å². The van der Waals surface area contributed by atoms with E-state index in [1.54, 1.807) is 42.5 Å². The maximum absolute atomic E-state index is 11.8. The average Bonchev–Trinajstić information content (AvgIpc) is 2.92. The maximum Gasteiger partial charge on any atom is 1.00 e. The number of nitrogens with one attached hydrogen (secondary N) is 2. The molecule has 4 atom stereocenters. The summed E-state index contributed by atoms with van der Waals surface area (Å²) in [6.45, 7) is 0. The Bertz CT molecular complexity index is 1180. The van der Waals surface area contributed by atoms with Crippen molar-refractivity contribution in [2.24, 2.45) is 11.5 Å². The van der Waals surface area contributed by atoms with Gasteiger partial charge in [0.15, 0.2) is 0 Å². The molecule has 2 amide bonds. The quantitative estimate of drug-likeness (QED) is 0.0866. The van der Waals surface area contributed by atoms with Crippen LogP contribution in [-0.4, -0.2) is 77.2 Å². The van der Waals surface area contributed by atoms with Crippen molar-refractivity contribution in [2.45, 2.75) is 49.9 Å². The fourth-order valence-electron chi connectivity index (χ4n) is 3.35. The Balaban J connectivity index is 0.000000783. The van der Waals surface area contributed by atoms with Gasteiger partial charge in [-0.25, -0.2) is 4.79 Å². The van der Waals surface area contributed by atoms with E-state index < -0.39 is 72.7 Å². The minimum atomic E-state index is -1.45. The van der Waals surface area contributed by atoms with Crippen LogP contribution in [-0.2, 0) is 46.3 Å². The molecule has 15 heteroatoms. The Morgan fingerprint density at radius 2 is 1.10 bits per heavy atom. The van der Waals surface area contributed by atoms with Crippen molar-refractivity contribution in [1.29, 1.82) is 0 Å². The molecule has 0 saturated carbocycles. The van der Waals surface area contributed by atoms with Crippen LogP contribution in [0.15, 0.2) is 60.7 Å². The zero-order valence-electron chi connectivity index (χ0n) is 23.2. The van der Waals surface area contributed by atoms with E-state index in [4.69, 9.17) is 21.7 Å². The summed E-state index contributed by atoms with van der Waals surface area (Å²) in [5.41, 5.74) is 12.3. The van der Waals surface area contributed by atoms with E-state index in [2.05, 4.69) is 15.4 Å². The van der Waals surface area contributed by atoms with Crippen LogP contribution in [0.5, 0.6) is 0 Å². The topological polar surface area (TPSA) is 251 Å². The number of aliphatic carboxylic acids is 3. The van der Waals surface area contributed by atoms with E-state index in [9.17, 15) is 33.9 Å². The molecule has 0 aliphatic rings. The van der Waals surface area contributed by atoms with Gasteiger partial charge in [-0.1, -0.05) is 60.7 Å². The first kappa shape index (κ1) is 38.8. The third kappa shape index (κ3) is 15.7. The molecule has 0 spiro atoms. The predicted octanol–water partition coefficient (Wildman–Crippen LogP) is -5.04. The molecule has 0 radical (unpaired) electrons. The van der Waals surface area contributed by atoms with Crippen LogP contribution >= 0.6 is 0 Å². The number of hydrogen-bond donors (Lipinski definition) is 6. The number of rotatable bonds is 14. The second kappa shape index (κ2) is 20.7. The summed E-state index contributed by atoms with van der Waals surface area (Å²) in [5.74, 6) is -6.03. The summed E-state index contributed by atoms with van der Waals surface area (Å²) >= 11 is 0.